The maximum atomic E-state index is 12.8. The van der Waals surface area contributed by atoms with E-state index in [1.165, 1.54) is 0 Å². The van der Waals surface area contributed by atoms with Crippen LogP contribution in [0.2, 0.25) is 0 Å². The molecule has 3 heteroatoms. The monoisotopic (exact) mass is 166 g/mol. The first-order valence-corrected chi connectivity index (χ1v) is 4.04. The van der Waals surface area contributed by atoms with Crippen molar-refractivity contribution in [3.8, 4) is 0 Å². The summed E-state index contributed by atoms with van der Waals surface area (Å²) in [6.45, 7) is 2.33. The Hall–Kier alpha value is -1.25. The smallest absolute Gasteiger partial charge is 0.121 e. The number of allylic oxidation sites excluding steroid dienone is 2. The van der Waals surface area contributed by atoms with Crippen molar-refractivity contribution >= 4 is 0 Å². The maximum absolute atomic E-state index is 12.8. The molecule has 0 radical (unpaired) electrons. The fourth-order valence-corrected chi connectivity index (χ4v) is 1.36. The Morgan fingerprint density at radius 2 is 2.33 bits per heavy atom. The maximum Gasteiger partial charge on any atom is 0.121 e. The van der Waals surface area contributed by atoms with Crippen molar-refractivity contribution in [3.63, 3.8) is 0 Å². The molecule has 2 aliphatic rings. The van der Waals surface area contributed by atoms with E-state index in [9.17, 15) is 4.39 Å². The van der Waals surface area contributed by atoms with Crippen LogP contribution in [0.15, 0.2) is 35.4 Å². The Labute approximate surface area is 70.8 Å². The van der Waals surface area contributed by atoms with Gasteiger partial charge in [0.15, 0.2) is 0 Å². The van der Waals surface area contributed by atoms with Gasteiger partial charge in [-0.05, 0) is 19.1 Å². The average Bonchev–Trinajstić information content (AvgIpc) is 2.03. The van der Waals surface area contributed by atoms with Crippen LogP contribution in [0.3, 0.4) is 0 Å². The van der Waals surface area contributed by atoms with Crippen molar-refractivity contribution in [2.24, 2.45) is 0 Å². The number of dihydropyridines is 2. The van der Waals surface area contributed by atoms with E-state index in [1.54, 1.807) is 6.08 Å². The van der Waals surface area contributed by atoms with E-state index >= 15 is 0 Å². The summed E-state index contributed by atoms with van der Waals surface area (Å²) in [6.07, 6.45) is 5.58. The predicted octanol–water partition coefficient (Wildman–Crippen LogP) is 1.20. The van der Waals surface area contributed by atoms with Gasteiger partial charge in [0, 0.05) is 6.04 Å². The lowest BCUT2D eigenvalue weighted by Crippen LogP contribution is -2.33. The van der Waals surface area contributed by atoms with Crippen LogP contribution < -0.4 is 10.6 Å². The standard InChI is InChI=1S/C9H11FN2/c1-6-2-3-8-9(12-6)4-7(10)5-11-8/h2-4,6,11-12H,5H2,1H3. The highest BCUT2D eigenvalue weighted by Crippen LogP contribution is 2.16. The molecule has 12 heavy (non-hydrogen) atoms. The van der Waals surface area contributed by atoms with Gasteiger partial charge in [-0.25, -0.2) is 4.39 Å². The van der Waals surface area contributed by atoms with E-state index in [0.717, 1.165) is 11.4 Å². The van der Waals surface area contributed by atoms with Gasteiger partial charge in [0.2, 0.25) is 0 Å². The summed E-state index contributed by atoms with van der Waals surface area (Å²) in [4.78, 5) is 0. The number of hydrogen-bond donors (Lipinski definition) is 2. The molecule has 0 saturated carbocycles. The lowest BCUT2D eigenvalue weighted by atomic mass is 10.1. The zero-order valence-electron chi connectivity index (χ0n) is 6.89. The molecule has 0 saturated heterocycles. The number of nitrogens with one attached hydrogen (secondary N) is 2. The Morgan fingerprint density at radius 3 is 3.17 bits per heavy atom. The molecule has 2 nitrogen and oxygen atoms in total. The normalized spacial score (nSPS) is 27.2. The SMILES string of the molecule is CC1C=CC2=C(C=C(F)CN2)N1. The van der Waals surface area contributed by atoms with Crippen molar-refractivity contribution in [1.29, 1.82) is 0 Å². The first kappa shape index (κ1) is 7.40. The van der Waals surface area contributed by atoms with Gasteiger partial charge in [0.05, 0.1) is 17.9 Å². The van der Waals surface area contributed by atoms with Gasteiger partial charge in [-0.3, -0.25) is 0 Å². The first-order valence-electron chi connectivity index (χ1n) is 4.04. The van der Waals surface area contributed by atoms with Gasteiger partial charge in [0.1, 0.15) is 5.83 Å². The van der Waals surface area contributed by atoms with Crippen molar-refractivity contribution in [2.75, 3.05) is 6.54 Å². The molecule has 2 N–H and O–H groups in total. The molecule has 0 spiro atoms. The Morgan fingerprint density at radius 1 is 1.50 bits per heavy atom. The Balaban J connectivity index is 2.30. The first-order chi connectivity index (χ1) is 5.75. The largest absolute Gasteiger partial charge is 0.377 e. The van der Waals surface area contributed by atoms with Gasteiger partial charge in [-0.15, -0.1) is 0 Å². The molecular formula is C9H11FN2. The molecule has 2 rings (SSSR count). The van der Waals surface area contributed by atoms with E-state index in [1.807, 2.05) is 19.1 Å². The van der Waals surface area contributed by atoms with Gasteiger partial charge in [-0.1, -0.05) is 6.08 Å². The van der Waals surface area contributed by atoms with Crippen molar-refractivity contribution in [1.82, 2.24) is 10.6 Å². The van der Waals surface area contributed by atoms with E-state index in [-0.39, 0.29) is 11.9 Å². The molecule has 1 atom stereocenters. The summed E-state index contributed by atoms with van der Waals surface area (Å²) >= 11 is 0. The molecule has 0 aromatic carbocycles. The second-order valence-corrected chi connectivity index (χ2v) is 3.06. The van der Waals surface area contributed by atoms with Crippen LogP contribution >= 0.6 is 0 Å². The Bertz CT molecular complexity index is 289. The molecule has 0 aromatic heterocycles. The van der Waals surface area contributed by atoms with E-state index in [2.05, 4.69) is 10.6 Å². The third-order valence-corrected chi connectivity index (χ3v) is 1.97. The number of halogens is 1. The molecule has 2 aliphatic heterocycles. The lowest BCUT2D eigenvalue weighted by Gasteiger charge is -2.24. The molecule has 0 aromatic rings. The fourth-order valence-electron chi connectivity index (χ4n) is 1.36. The topological polar surface area (TPSA) is 24.1 Å². The highest BCUT2D eigenvalue weighted by Gasteiger charge is 2.14. The predicted molar refractivity (Wildman–Crippen MR) is 46.0 cm³/mol. The summed E-state index contributed by atoms with van der Waals surface area (Å²) < 4.78 is 12.8. The molecule has 1 unspecified atom stereocenters. The van der Waals surface area contributed by atoms with Crippen molar-refractivity contribution < 1.29 is 4.39 Å². The van der Waals surface area contributed by atoms with Crippen LogP contribution in [0.5, 0.6) is 0 Å². The molecule has 0 aliphatic carbocycles. The third kappa shape index (κ3) is 1.22. The quantitative estimate of drug-likeness (QED) is 0.565. The van der Waals surface area contributed by atoms with Gasteiger partial charge >= 0.3 is 0 Å². The van der Waals surface area contributed by atoms with Gasteiger partial charge in [-0.2, -0.15) is 0 Å². The van der Waals surface area contributed by atoms with Crippen LogP contribution in [0.25, 0.3) is 0 Å². The minimum atomic E-state index is -0.122. The van der Waals surface area contributed by atoms with Crippen LogP contribution in [0.1, 0.15) is 6.92 Å². The van der Waals surface area contributed by atoms with Crippen LogP contribution in [0.4, 0.5) is 4.39 Å². The zero-order valence-corrected chi connectivity index (χ0v) is 6.89. The van der Waals surface area contributed by atoms with Crippen molar-refractivity contribution in [2.45, 2.75) is 13.0 Å². The summed E-state index contributed by atoms with van der Waals surface area (Å²) in [5.74, 6) is -0.122. The molecule has 0 amide bonds. The molecule has 64 valence electrons. The number of hydrogen-bond acceptors (Lipinski definition) is 2. The van der Waals surface area contributed by atoms with E-state index < -0.39 is 0 Å². The van der Waals surface area contributed by atoms with Crippen LogP contribution in [0, 0.1) is 0 Å². The summed E-state index contributed by atoms with van der Waals surface area (Å²) in [7, 11) is 0. The third-order valence-electron chi connectivity index (χ3n) is 1.97. The molecule has 2 heterocycles. The summed E-state index contributed by atoms with van der Waals surface area (Å²) in [5, 5.41) is 6.14. The highest BCUT2D eigenvalue weighted by molar-refractivity contribution is 5.39. The molecule has 0 bridgehead atoms. The van der Waals surface area contributed by atoms with E-state index in [0.29, 0.717) is 6.54 Å². The molecule has 0 fully saturated rings. The second kappa shape index (κ2) is 2.66. The fraction of sp³-hybridized carbons (Fsp3) is 0.333. The van der Waals surface area contributed by atoms with Crippen LogP contribution in [-0.4, -0.2) is 12.6 Å². The lowest BCUT2D eigenvalue weighted by molar-refractivity contribution is 0.571. The van der Waals surface area contributed by atoms with E-state index in [4.69, 9.17) is 0 Å². The van der Waals surface area contributed by atoms with Crippen molar-refractivity contribution in [3.05, 3.63) is 35.4 Å². The second-order valence-electron chi connectivity index (χ2n) is 3.06. The Kier molecular flexibility index (Phi) is 1.64. The van der Waals surface area contributed by atoms with Gasteiger partial charge in [0.25, 0.3) is 0 Å². The average molecular weight is 166 g/mol. The molecular weight excluding hydrogens is 155 g/mol. The van der Waals surface area contributed by atoms with Crippen LogP contribution in [-0.2, 0) is 0 Å². The zero-order chi connectivity index (χ0) is 8.55. The highest BCUT2D eigenvalue weighted by atomic mass is 19.1. The minimum Gasteiger partial charge on any atom is -0.377 e. The minimum absolute atomic E-state index is 0.122. The summed E-state index contributed by atoms with van der Waals surface area (Å²) in [6, 6.07) is 0.285. The number of rotatable bonds is 0. The summed E-state index contributed by atoms with van der Waals surface area (Å²) in [5.41, 5.74) is 1.84. The van der Waals surface area contributed by atoms with Gasteiger partial charge < -0.3 is 10.6 Å².